The standard InChI is InChI=1S/C13H20BrN/c1-3-10(4-2)12(9-15)11-7-5-6-8-13(11)14/h5-8,10,12H,3-4,9,15H2,1-2H3. The maximum atomic E-state index is 5.90. The summed E-state index contributed by atoms with van der Waals surface area (Å²) in [6, 6.07) is 8.42. The fraction of sp³-hybridized carbons (Fsp3) is 0.538. The predicted octanol–water partition coefficient (Wildman–Crippen LogP) is 3.93. The lowest BCUT2D eigenvalue weighted by Crippen LogP contribution is -2.21. The van der Waals surface area contributed by atoms with Crippen LogP contribution in [0.5, 0.6) is 0 Å². The van der Waals surface area contributed by atoms with Crippen molar-refractivity contribution in [3.63, 3.8) is 0 Å². The van der Waals surface area contributed by atoms with E-state index < -0.39 is 0 Å². The Labute approximate surface area is 101 Å². The third-order valence-corrected chi connectivity index (χ3v) is 3.90. The van der Waals surface area contributed by atoms with Gasteiger partial charge in [-0.1, -0.05) is 60.8 Å². The summed E-state index contributed by atoms with van der Waals surface area (Å²) in [4.78, 5) is 0. The van der Waals surface area contributed by atoms with E-state index in [1.165, 1.54) is 22.9 Å². The van der Waals surface area contributed by atoms with Crippen LogP contribution in [0.1, 0.15) is 38.2 Å². The Balaban J connectivity index is 2.96. The zero-order valence-electron chi connectivity index (χ0n) is 9.54. The lowest BCUT2D eigenvalue weighted by molar-refractivity contribution is 0.401. The summed E-state index contributed by atoms with van der Waals surface area (Å²) in [5.41, 5.74) is 7.26. The minimum absolute atomic E-state index is 0.482. The van der Waals surface area contributed by atoms with Gasteiger partial charge in [0.25, 0.3) is 0 Å². The van der Waals surface area contributed by atoms with E-state index in [0.29, 0.717) is 11.8 Å². The van der Waals surface area contributed by atoms with Crippen molar-refractivity contribution >= 4 is 15.9 Å². The van der Waals surface area contributed by atoms with Gasteiger partial charge in [-0.15, -0.1) is 0 Å². The average Bonchev–Trinajstić information content (AvgIpc) is 2.27. The molecule has 0 heterocycles. The molecule has 1 rings (SSSR count). The molecule has 0 saturated heterocycles. The molecule has 1 unspecified atom stereocenters. The molecular formula is C13H20BrN. The average molecular weight is 270 g/mol. The Bertz CT molecular complexity index is 294. The molecule has 0 amide bonds. The summed E-state index contributed by atoms with van der Waals surface area (Å²) in [7, 11) is 0. The van der Waals surface area contributed by atoms with Crippen LogP contribution in [0.25, 0.3) is 0 Å². The third kappa shape index (κ3) is 3.05. The molecule has 2 heteroatoms. The summed E-state index contributed by atoms with van der Waals surface area (Å²) in [5.74, 6) is 1.17. The van der Waals surface area contributed by atoms with E-state index in [0.717, 1.165) is 6.54 Å². The molecule has 0 saturated carbocycles. The molecule has 0 aliphatic rings. The second kappa shape index (κ2) is 6.29. The molecule has 1 aromatic rings. The van der Waals surface area contributed by atoms with Crippen LogP contribution < -0.4 is 5.73 Å². The van der Waals surface area contributed by atoms with Crippen molar-refractivity contribution in [2.24, 2.45) is 11.7 Å². The molecule has 0 aliphatic carbocycles. The Morgan fingerprint density at radius 2 is 1.80 bits per heavy atom. The van der Waals surface area contributed by atoms with Gasteiger partial charge in [0.2, 0.25) is 0 Å². The molecule has 84 valence electrons. The Morgan fingerprint density at radius 3 is 2.27 bits per heavy atom. The summed E-state index contributed by atoms with van der Waals surface area (Å²) in [6.45, 7) is 5.22. The summed E-state index contributed by atoms with van der Waals surface area (Å²) < 4.78 is 1.19. The molecule has 2 N–H and O–H groups in total. The predicted molar refractivity (Wildman–Crippen MR) is 70.0 cm³/mol. The number of nitrogens with two attached hydrogens (primary N) is 1. The van der Waals surface area contributed by atoms with Crippen LogP contribution in [0.15, 0.2) is 28.7 Å². The monoisotopic (exact) mass is 269 g/mol. The Kier molecular flexibility index (Phi) is 5.34. The maximum Gasteiger partial charge on any atom is 0.0210 e. The van der Waals surface area contributed by atoms with Gasteiger partial charge in [-0.2, -0.15) is 0 Å². The highest BCUT2D eigenvalue weighted by molar-refractivity contribution is 9.10. The SMILES string of the molecule is CCC(CC)C(CN)c1ccccc1Br. The molecule has 1 nitrogen and oxygen atoms in total. The zero-order valence-corrected chi connectivity index (χ0v) is 11.1. The van der Waals surface area contributed by atoms with Gasteiger partial charge in [0.1, 0.15) is 0 Å². The van der Waals surface area contributed by atoms with E-state index in [9.17, 15) is 0 Å². The topological polar surface area (TPSA) is 26.0 Å². The van der Waals surface area contributed by atoms with Gasteiger partial charge in [-0.25, -0.2) is 0 Å². The first-order valence-corrected chi connectivity index (χ1v) is 6.48. The first kappa shape index (κ1) is 12.7. The third-order valence-electron chi connectivity index (χ3n) is 3.18. The van der Waals surface area contributed by atoms with Crippen molar-refractivity contribution < 1.29 is 0 Å². The van der Waals surface area contributed by atoms with Crippen molar-refractivity contribution in [1.82, 2.24) is 0 Å². The summed E-state index contributed by atoms with van der Waals surface area (Å²) in [6.07, 6.45) is 2.39. The number of hydrogen-bond acceptors (Lipinski definition) is 1. The lowest BCUT2D eigenvalue weighted by Gasteiger charge is -2.25. The highest BCUT2D eigenvalue weighted by Gasteiger charge is 2.20. The second-order valence-electron chi connectivity index (χ2n) is 3.94. The number of halogens is 1. The highest BCUT2D eigenvalue weighted by atomic mass is 79.9. The normalized spacial score (nSPS) is 13.1. The maximum absolute atomic E-state index is 5.90. The van der Waals surface area contributed by atoms with Gasteiger partial charge < -0.3 is 5.73 Å². The van der Waals surface area contributed by atoms with Gasteiger partial charge in [0, 0.05) is 10.4 Å². The molecule has 0 bridgehead atoms. The lowest BCUT2D eigenvalue weighted by atomic mass is 9.83. The van der Waals surface area contributed by atoms with E-state index in [4.69, 9.17) is 5.73 Å². The minimum Gasteiger partial charge on any atom is -0.330 e. The van der Waals surface area contributed by atoms with Gasteiger partial charge in [0.15, 0.2) is 0 Å². The fourth-order valence-corrected chi connectivity index (χ4v) is 2.79. The van der Waals surface area contributed by atoms with Gasteiger partial charge in [-0.3, -0.25) is 0 Å². The van der Waals surface area contributed by atoms with Crippen LogP contribution in [-0.2, 0) is 0 Å². The molecule has 1 atom stereocenters. The zero-order chi connectivity index (χ0) is 11.3. The fourth-order valence-electron chi connectivity index (χ4n) is 2.21. The smallest absolute Gasteiger partial charge is 0.0210 e. The van der Waals surface area contributed by atoms with Crippen molar-refractivity contribution in [3.05, 3.63) is 34.3 Å². The quantitative estimate of drug-likeness (QED) is 0.862. The van der Waals surface area contributed by atoms with E-state index in [1.807, 2.05) is 6.07 Å². The van der Waals surface area contributed by atoms with Crippen molar-refractivity contribution in [2.45, 2.75) is 32.6 Å². The number of hydrogen-bond donors (Lipinski definition) is 1. The van der Waals surface area contributed by atoms with Gasteiger partial charge >= 0.3 is 0 Å². The molecule has 0 radical (unpaired) electrons. The van der Waals surface area contributed by atoms with Crippen LogP contribution in [0.2, 0.25) is 0 Å². The van der Waals surface area contributed by atoms with E-state index in [-0.39, 0.29) is 0 Å². The van der Waals surface area contributed by atoms with E-state index >= 15 is 0 Å². The van der Waals surface area contributed by atoms with Gasteiger partial charge in [-0.05, 0) is 24.1 Å². The second-order valence-corrected chi connectivity index (χ2v) is 4.79. The summed E-state index contributed by atoms with van der Waals surface area (Å²) >= 11 is 3.61. The van der Waals surface area contributed by atoms with Crippen LogP contribution in [0.3, 0.4) is 0 Å². The molecule has 15 heavy (non-hydrogen) atoms. The van der Waals surface area contributed by atoms with Gasteiger partial charge in [0.05, 0.1) is 0 Å². The molecule has 0 fully saturated rings. The summed E-state index contributed by atoms with van der Waals surface area (Å²) in [5, 5.41) is 0. The molecule has 1 aromatic carbocycles. The molecule has 0 aromatic heterocycles. The van der Waals surface area contributed by atoms with Crippen LogP contribution in [0, 0.1) is 5.92 Å². The molecule has 0 aliphatic heterocycles. The highest BCUT2D eigenvalue weighted by Crippen LogP contribution is 2.33. The molecular weight excluding hydrogens is 250 g/mol. The van der Waals surface area contributed by atoms with Crippen LogP contribution in [0.4, 0.5) is 0 Å². The number of rotatable bonds is 5. The largest absolute Gasteiger partial charge is 0.330 e. The Morgan fingerprint density at radius 1 is 1.20 bits per heavy atom. The number of benzene rings is 1. The van der Waals surface area contributed by atoms with E-state index in [1.54, 1.807) is 0 Å². The minimum atomic E-state index is 0.482. The van der Waals surface area contributed by atoms with Crippen LogP contribution >= 0.6 is 15.9 Å². The molecule has 0 spiro atoms. The van der Waals surface area contributed by atoms with Crippen molar-refractivity contribution in [3.8, 4) is 0 Å². The Hall–Kier alpha value is -0.340. The first-order chi connectivity index (χ1) is 7.24. The van der Waals surface area contributed by atoms with E-state index in [2.05, 4.69) is 48.0 Å². The van der Waals surface area contributed by atoms with Crippen molar-refractivity contribution in [1.29, 1.82) is 0 Å². The first-order valence-electron chi connectivity index (χ1n) is 5.69. The van der Waals surface area contributed by atoms with Crippen LogP contribution in [-0.4, -0.2) is 6.54 Å². The van der Waals surface area contributed by atoms with Crippen molar-refractivity contribution in [2.75, 3.05) is 6.54 Å².